The van der Waals surface area contributed by atoms with Gasteiger partial charge in [-0.25, -0.2) is 0 Å². The van der Waals surface area contributed by atoms with Crippen molar-refractivity contribution in [1.29, 1.82) is 0 Å². The molecule has 2 aliphatic heterocycles. The fourth-order valence-corrected chi connectivity index (χ4v) is 2.94. The van der Waals surface area contributed by atoms with Crippen molar-refractivity contribution in [2.75, 3.05) is 16.5 Å². The number of thioether (sulfide) groups is 1. The van der Waals surface area contributed by atoms with E-state index in [1.807, 2.05) is 13.0 Å². The summed E-state index contributed by atoms with van der Waals surface area (Å²) in [7, 11) is 0. The third-order valence-corrected chi connectivity index (χ3v) is 3.74. The van der Waals surface area contributed by atoms with Crippen LogP contribution in [0.1, 0.15) is 5.69 Å². The first-order valence-electron chi connectivity index (χ1n) is 5.05. The standard InChI is InChI=1S/C10H10N4OS/c1-6-2-3-9(12-11-6)14-10(15)7-4-16-5-8(7)13-14/h2-3,7H,4-5H2,1H3. The van der Waals surface area contributed by atoms with Gasteiger partial charge in [-0.1, -0.05) is 0 Å². The monoisotopic (exact) mass is 234 g/mol. The molecular formula is C10H10N4OS. The topological polar surface area (TPSA) is 58.5 Å². The van der Waals surface area contributed by atoms with Crippen LogP contribution >= 0.6 is 11.8 Å². The van der Waals surface area contributed by atoms with Crippen LogP contribution < -0.4 is 5.01 Å². The first-order chi connectivity index (χ1) is 7.75. The molecule has 5 nitrogen and oxygen atoms in total. The van der Waals surface area contributed by atoms with E-state index in [0.717, 1.165) is 22.9 Å². The van der Waals surface area contributed by atoms with Crippen LogP contribution in [0.4, 0.5) is 5.82 Å². The third kappa shape index (κ3) is 1.41. The van der Waals surface area contributed by atoms with Gasteiger partial charge in [0.15, 0.2) is 5.82 Å². The van der Waals surface area contributed by atoms with Crippen LogP contribution in [0.15, 0.2) is 17.2 Å². The Morgan fingerprint density at radius 1 is 1.44 bits per heavy atom. The van der Waals surface area contributed by atoms with Crippen LogP contribution in [0, 0.1) is 12.8 Å². The lowest BCUT2D eigenvalue weighted by Crippen LogP contribution is -2.28. The predicted octanol–water partition coefficient (Wildman–Crippen LogP) is 0.851. The maximum atomic E-state index is 12.0. The smallest absolute Gasteiger partial charge is 0.258 e. The van der Waals surface area contributed by atoms with Crippen LogP contribution in [-0.2, 0) is 4.79 Å². The Hall–Kier alpha value is -1.43. The maximum Gasteiger partial charge on any atom is 0.258 e. The molecule has 82 valence electrons. The number of carbonyl (C=O) groups is 1. The van der Waals surface area contributed by atoms with Crippen molar-refractivity contribution < 1.29 is 4.79 Å². The van der Waals surface area contributed by atoms with Crippen LogP contribution in [0.3, 0.4) is 0 Å². The van der Waals surface area contributed by atoms with Gasteiger partial charge in [-0.3, -0.25) is 4.79 Å². The minimum absolute atomic E-state index is 0.0261. The lowest BCUT2D eigenvalue weighted by Gasteiger charge is -2.11. The Morgan fingerprint density at radius 3 is 3.00 bits per heavy atom. The van der Waals surface area contributed by atoms with Crippen molar-refractivity contribution in [1.82, 2.24) is 10.2 Å². The molecule has 1 aromatic heterocycles. The summed E-state index contributed by atoms with van der Waals surface area (Å²) in [5, 5.41) is 13.6. The van der Waals surface area contributed by atoms with Crippen LogP contribution in [0.2, 0.25) is 0 Å². The molecule has 0 aromatic carbocycles. The fraction of sp³-hybridized carbons (Fsp3) is 0.400. The quantitative estimate of drug-likeness (QED) is 0.723. The SMILES string of the molecule is Cc1ccc(N2N=C3CSCC3C2=O)nn1. The van der Waals surface area contributed by atoms with Gasteiger partial charge in [-0.05, 0) is 19.1 Å². The van der Waals surface area contributed by atoms with Gasteiger partial charge in [-0.2, -0.15) is 27.0 Å². The Labute approximate surface area is 96.9 Å². The van der Waals surface area contributed by atoms with E-state index < -0.39 is 0 Å². The molecule has 1 fully saturated rings. The van der Waals surface area contributed by atoms with Crippen molar-refractivity contribution >= 4 is 29.2 Å². The molecule has 1 aromatic rings. The molecule has 0 radical (unpaired) electrons. The Morgan fingerprint density at radius 2 is 2.31 bits per heavy atom. The maximum absolute atomic E-state index is 12.0. The van der Waals surface area contributed by atoms with Crippen molar-refractivity contribution in [3.63, 3.8) is 0 Å². The van der Waals surface area contributed by atoms with Crippen molar-refractivity contribution in [2.45, 2.75) is 6.92 Å². The van der Waals surface area contributed by atoms with E-state index >= 15 is 0 Å². The van der Waals surface area contributed by atoms with Gasteiger partial charge >= 0.3 is 0 Å². The van der Waals surface area contributed by atoms with E-state index in [2.05, 4.69) is 15.3 Å². The van der Waals surface area contributed by atoms with Crippen LogP contribution in [0.25, 0.3) is 0 Å². The highest BCUT2D eigenvalue weighted by molar-refractivity contribution is 8.00. The van der Waals surface area contributed by atoms with E-state index in [4.69, 9.17) is 0 Å². The second kappa shape index (κ2) is 3.55. The fourth-order valence-electron chi connectivity index (χ4n) is 1.78. The first kappa shape index (κ1) is 9.77. The molecule has 16 heavy (non-hydrogen) atoms. The van der Waals surface area contributed by atoms with Gasteiger partial charge in [0, 0.05) is 11.5 Å². The number of nitrogens with zero attached hydrogens (tertiary/aromatic N) is 4. The van der Waals surface area contributed by atoms with Crippen LogP contribution in [0.5, 0.6) is 0 Å². The van der Waals surface area contributed by atoms with Crippen LogP contribution in [-0.4, -0.2) is 33.3 Å². The zero-order valence-corrected chi connectivity index (χ0v) is 9.57. The number of hydrazone groups is 1. The summed E-state index contributed by atoms with van der Waals surface area (Å²) in [6.07, 6.45) is 0. The zero-order chi connectivity index (χ0) is 11.1. The van der Waals surface area contributed by atoms with Gasteiger partial charge in [-0.15, -0.1) is 5.10 Å². The average molecular weight is 234 g/mol. The number of anilines is 1. The van der Waals surface area contributed by atoms with Gasteiger partial charge in [0.05, 0.1) is 17.3 Å². The second-order valence-electron chi connectivity index (χ2n) is 3.84. The summed E-state index contributed by atoms with van der Waals surface area (Å²) >= 11 is 1.76. The zero-order valence-electron chi connectivity index (χ0n) is 8.75. The number of amides is 1. The number of fused-ring (bicyclic) bond motifs is 1. The van der Waals surface area contributed by atoms with E-state index in [1.165, 1.54) is 5.01 Å². The summed E-state index contributed by atoms with van der Waals surface area (Å²) in [6, 6.07) is 3.61. The number of carbonyl (C=O) groups excluding carboxylic acids is 1. The summed E-state index contributed by atoms with van der Waals surface area (Å²) in [5.41, 5.74) is 1.80. The van der Waals surface area contributed by atoms with E-state index in [0.29, 0.717) is 5.82 Å². The highest BCUT2D eigenvalue weighted by Crippen LogP contribution is 2.30. The minimum atomic E-state index is -0.0342. The molecule has 0 aliphatic carbocycles. The van der Waals surface area contributed by atoms with Gasteiger partial charge in [0.25, 0.3) is 5.91 Å². The average Bonchev–Trinajstić information content (AvgIpc) is 2.84. The van der Waals surface area contributed by atoms with E-state index in [9.17, 15) is 4.79 Å². The number of rotatable bonds is 1. The summed E-state index contributed by atoms with van der Waals surface area (Å²) in [4.78, 5) is 12.0. The van der Waals surface area contributed by atoms with E-state index in [1.54, 1.807) is 17.8 Å². The normalized spacial score (nSPS) is 23.6. The highest BCUT2D eigenvalue weighted by Gasteiger charge is 2.40. The Bertz CT molecular complexity index is 470. The molecule has 1 saturated heterocycles. The molecule has 6 heteroatoms. The molecule has 0 saturated carbocycles. The molecule has 3 heterocycles. The summed E-state index contributed by atoms with van der Waals surface area (Å²) in [6.45, 7) is 1.86. The molecule has 0 bridgehead atoms. The Balaban J connectivity index is 1.94. The van der Waals surface area contributed by atoms with Crippen molar-refractivity contribution in [2.24, 2.45) is 11.0 Å². The highest BCUT2D eigenvalue weighted by atomic mass is 32.2. The number of hydrogen-bond acceptors (Lipinski definition) is 5. The van der Waals surface area contributed by atoms with Crippen molar-refractivity contribution in [3.05, 3.63) is 17.8 Å². The molecule has 1 atom stereocenters. The lowest BCUT2D eigenvalue weighted by atomic mass is 10.1. The Kier molecular flexibility index (Phi) is 2.17. The predicted molar refractivity (Wildman–Crippen MR) is 62.5 cm³/mol. The molecular weight excluding hydrogens is 224 g/mol. The van der Waals surface area contributed by atoms with Gasteiger partial charge < -0.3 is 0 Å². The summed E-state index contributed by atoms with van der Waals surface area (Å²) < 4.78 is 0. The van der Waals surface area contributed by atoms with Crippen molar-refractivity contribution in [3.8, 4) is 0 Å². The molecule has 2 aliphatic rings. The largest absolute Gasteiger partial charge is 0.272 e. The molecule has 1 amide bonds. The second-order valence-corrected chi connectivity index (χ2v) is 4.87. The summed E-state index contributed by atoms with van der Waals surface area (Å²) in [5.74, 6) is 2.20. The lowest BCUT2D eigenvalue weighted by molar-refractivity contribution is -0.119. The first-order valence-corrected chi connectivity index (χ1v) is 6.20. The number of aromatic nitrogens is 2. The van der Waals surface area contributed by atoms with E-state index in [-0.39, 0.29) is 11.8 Å². The third-order valence-electron chi connectivity index (χ3n) is 2.67. The minimum Gasteiger partial charge on any atom is -0.272 e. The molecule has 1 unspecified atom stereocenters. The van der Waals surface area contributed by atoms with Gasteiger partial charge in [0.2, 0.25) is 0 Å². The molecule has 0 spiro atoms. The number of aryl methyl sites for hydroxylation is 1. The molecule has 0 N–H and O–H groups in total. The number of hydrogen-bond donors (Lipinski definition) is 0. The van der Waals surface area contributed by atoms with Gasteiger partial charge in [0.1, 0.15) is 0 Å². The molecule has 3 rings (SSSR count).